The molecule has 1 saturated heterocycles. The van der Waals surface area contributed by atoms with E-state index in [2.05, 4.69) is 5.32 Å². The number of carbonyl (C=O) groups excluding carboxylic acids is 2. The van der Waals surface area contributed by atoms with Crippen molar-refractivity contribution in [1.82, 2.24) is 4.90 Å². The van der Waals surface area contributed by atoms with E-state index in [1.54, 1.807) is 29.2 Å². The van der Waals surface area contributed by atoms with Crippen molar-refractivity contribution in [2.45, 2.75) is 18.3 Å². The van der Waals surface area contributed by atoms with Gasteiger partial charge in [0.1, 0.15) is 11.6 Å². The normalized spacial score (nSPS) is 19.3. The summed E-state index contributed by atoms with van der Waals surface area (Å²) in [4.78, 5) is 28.9. The second-order valence-corrected chi connectivity index (χ2v) is 9.41. The van der Waals surface area contributed by atoms with Crippen LogP contribution >= 0.6 is 11.8 Å². The number of nitrogens with zero attached hydrogens (tertiary/aromatic N) is 2. The number of rotatable bonds is 3. The number of benzene rings is 3. The first-order valence-corrected chi connectivity index (χ1v) is 11.5. The average molecular weight is 466 g/mol. The van der Waals surface area contributed by atoms with Gasteiger partial charge in [0.2, 0.25) is 0 Å². The van der Waals surface area contributed by atoms with Crippen molar-refractivity contribution in [3.63, 3.8) is 0 Å². The second kappa shape index (κ2) is 8.19. The molecule has 0 unspecified atom stereocenters. The molecule has 2 aliphatic heterocycles. The van der Waals surface area contributed by atoms with E-state index in [9.17, 15) is 18.4 Å². The zero-order valence-electron chi connectivity index (χ0n) is 17.8. The van der Waals surface area contributed by atoms with Gasteiger partial charge in [0.15, 0.2) is 4.87 Å². The van der Waals surface area contributed by atoms with Gasteiger partial charge in [-0.05, 0) is 60.5 Å². The fraction of sp³-hybridized carbons (Fsp3) is 0.200. The lowest BCUT2D eigenvalue weighted by Crippen LogP contribution is -2.51. The number of hydrogen-bond donors (Lipinski definition) is 1. The van der Waals surface area contributed by atoms with Crippen LogP contribution in [0, 0.1) is 18.6 Å². The van der Waals surface area contributed by atoms with E-state index in [4.69, 9.17) is 0 Å². The van der Waals surface area contributed by atoms with E-state index >= 15 is 0 Å². The van der Waals surface area contributed by atoms with Gasteiger partial charge in [-0.2, -0.15) is 0 Å². The van der Waals surface area contributed by atoms with E-state index in [0.717, 1.165) is 11.1 Å². The molecule has 2 aliphatic rings. The predicted octanol–water partition coefficient (Wildman–Crippen LogP) is 5.25. The number of anilines is 2. The van der Waals surface area contributed by atoms with Crippen LogP contribution in [0.5, 0.6) is 0 Å². The van der Waals surface area contributed by atoms with Crippen LogP contribution < -0.4 is 10.2 Å². The van der Waals surface area contributed by atoms with E-state index in [1.165, 1.54) is 40.9 Å². The Morgan fingerprint density at radius 1 is 1.06 bits per heavy atom. The topological polar surface area (TPSA) is 52.7 Å². The minimum atomic E-state index is -1.36. The number of urea groups is 1. The number of thioether (sulfide) groups is 1. The van der Waals surface area contributed by atoms with Crippen molar-refractivity contribution >= 4 is 35.1 Å². The summed E-state index contributed by atoms with van der Waals surface area (Å²) in [5.74, 6) is -0.617. The van der Waals surface area contributed by atoms with E-state index < -0.39 is 16.7 Å². The highest BCUT2D eigenvalue weighted by Gasteiger charge is 2.59. The molecule has 1 spiro atoms. The summed E-state index contributed by atoms with van der Waals surface area (Å²) in [6, 6.07) is 17.1. The Morgan fingerprint density at radius 3 is 2.58 bits per heavy atom. The molecule has 0 saturated carbocycles. The van der Waals surface area contributed by atoms with Gasteiger partial charge in [0.05, 0.1) is 12.2 Å². The largest absolute Gasteiger partial charge is 0.323 e. The zero-order chi connectivity index (χ0) is 23.2. The highest BCUT2D eigenvalue weighted by atomic mass is 32.2. The Balaban J connectivity index is 1.53. The fourth-order valence-electron chi connectivity index (χ4n) is 4.43. The first-order valence-electron chi connectivity index (χ1n) is 10.5. The first kappa shape index (κ1) is 21.5. The number of fused-ring (bicyclic) bond motifs is 2. The molecule has 33 heavy (non-hydrogen) atoms. The number of hydrogen-bond acceptors (Lipinski definition) is 3. The number of halogens is 2. The number of amides is 3. The summed E-state index contributed by atoms with van der Waals surface area (Å²) < 4.78 is 27.7. The molecule has 168 valence electrons. The third-order valence-corrected chi connectivity index (χ3v) is 7.34. The minimum Gasteiger partial charge on any atom is -0.308 e. The molecule has 3 amide bonds. The smallest absolute Gasteiger partial charge is 0.308 e. The van der Waals surface area contributed by atoms with Crippen LogP contribution in [0.2, 0.25) is 0 Å². The van der Waals surface area contributed by atoms with Crippen molar-refractivity contribution in [3.05, 3.63) is 95.1 Å². The maximum Gasteiger partial charge on any atom is 0.323 e. The molecular formula is C25H21F2N3O2S. The number of nitrogens with one attached hydrogen (secondary N) is 1. The minimum absolute atomic E-state index is 0.188. The van der Waals surface area contributed by atoms with Crippen molar-refractivity contribution in [3.8, 4) is 0 Å². The van der Waals surface area contributed by atoms with Crippen molar-refractivity contribution < 1.29 is 18.4 Å². The maximum atomic E-state index is 14.3. The molecule has 0 radical (unpaired) electrons. The summed E-state index contributed by atoms with van der Waals surface area (Å²) in [5, 5.41) is 2.88. The summed E-state index contributed by atoms with van der Waals surface area (Å²) >= 11 is 1.33. The molecule has 0 aliphatic carbocycles. The lowest BCUT2D eigenvalue weighted by Gasteiger charge is -2.33. The standard InChI is InChI=1S/C25H21F2N3O2S/c1-16-3-2-4-20(13-16)28-24(32)30-11-12-33-25(30)21-14-19(27)9-10-22(21)29(23(25)31)15-17-5-7-18(26)8-6-17/h2-10,13-14H,11-12,15H2,1H3,(H,28,32)/t25-/m0/s1. The molecule has 0 bridgehead atoms. The molecule has 0 aromatic heterocycles. The van der Waals surface area contributed by atoms with Crippen LogP contribution in [0.3, 0.4) is 0 Å². The lowest BCUT2D eigenvalue weighted by molar-refractivity contribution is -0.123. The Hall–Kier alpha value is -3.39. The molecule has 3 aromatic carbocycles. The van der Waals surface area contributed by atoms with Crippen LogP contribution in [-0.2, 0) is 16.2 Å². The maximum absolute atomic E-state index is 14.3. The van der Waals surface area contributed by atoms with Crippen LogP contribution in [0.15, 0.2) is 66.7 Å². The summed E-state index contributed by atoms with van der Waals surface area (Å²) in [6.45, 7) is 2.46. The van der Waals surface area contributed by atoms with E-state index in [-0.39, 0.29) is 18.3 Å². The molecule has 2 heterocycles. The van der Waals surface area contributed by atoms with Gasteiger partial charge in [-0.3, -0.25) is 9.69 Å². The molecule has 3 aromatic rings. The van der Waals surface area contributed by atoms with Crippen LogP contribution in [0.1, 0.15) is 16.7 Å². The van der Waals surface area contributed by atoms with Crippen molar-refractivity contribution in [1.29, 1.82) is 0 Å². The average Bonchev–Trinajstić information content (AvgIpc) is 3.32. The highest BCUT2D eigenvalue weighted by molar-refractivity contribution is 8.01. The number of carbonyl (C=O) groups is 2. The van der Waals surface area contributed by atoms with Gasteiger partial charge in [0.25, 0.3) is 5.91 Å². The third-order valence-electron chi connectivity index (χ3n) is 5.92. The van der Waals surface area contributed by atoms with Crippen LogP contribution in [0.25, 0.3) is 0 Å². The third kappa shape index (κ3) is 3.64. The van der Waals surface area contributed by atoms with E-state index in [0.29, 0.717) is 29.2 Å². The van der Waals surface area contributed by atoms with Crippen molar-refractivity contribution in [2.75, 3.05) is 22.5 Å². The lowest BCUT2D eigenvalue weighted by atomic mass is 10.1. The predicted molar refractivity (Wildman–Crippen MR) is 125 cm³/mol. The van der Waals surface area contributed by atoms with Gasteiger partial charge in [0, 0.05) is 23.5 Å². The highest BCUT2D eigenvalue weighted by Crippen LogP contribution is 2.54. The first-order chi connectivity index (χ1) is 15.9. The molecule has 5 rings (SSSR count). The quantitative estimate of drug-likeness (QED) is 0.575. The van der Waals surface area contributed by atoms with Gasteiger partial charge in [-0.15, -0.1) is 11.8 Å². The Labute approximate surface area is 194 Å². The Morgan fingerprint density at radius 2 is 1.82 bits per heavy atom. The fourth-order valence-corrected chi connectivity index (χ4v) is 5.88. The van der Waals surface area contributed by atoms with Crippen LogP contribution in [-0.4, -0.2) is 29.1 Å². The molecular weight excluding hydrogens is 444 g/mol. The summed E-state index contributed by atoms with van der Waals surface area (Å²) in [5.41, 5.74) is 3.36. The number of aryl methyl sites for hydroxylation is 1. The second-order valence-electron chi connectivity index (χ2n) is 8.12. The van der Waals surface area contributed by atoms with Crippen LogP contribution in [0.4, 0.5) is 25.0 Å². The van der Waals surface area contributed by atoms with Gasteiger partial charge < -0.3 is 10.2 Å². The molecule has 1 N–H and O–H groups in total. The van der Waals surface area contributed by atoms with Crippen molar-refractivity contribution in [2.24, 2.45) is 0 Å². The van der Waals surface area contributed by atoms with Gasteiger partial charge in [-0.1, -0.05) is 24.3 Å². The molecule has 1 fully saturated rings. The van der Waals surface area contributed by atoms with Gasteiger partial charge >= 0.3 is 6.03 Å². The van der Waals surface area contributed by atoms with E-state index in [1.807, 2.05) is 25.1 Å². The zero-order valence-corrected chi connectivity index (χ0v) is 18.7. The van der Waals surface area contributed by atoms with Gasteiger partial charge in [-0.25, -0.2) is 13.6 Å². The monoisotopic (exact) mass is 465 g/mol. The molecule has 5 nitrogen and oxygen atoms in total. The molecule has 1 atom stereocenters. The summed E-state index contributed by atoms with van der Waals surface area (Å²) in [7, 11) is 0. The Bertz CT molecular complexity index is 1250. The SMILES string of the molecule is Cc1cccc(NC(=O)N2CCS[C@@]23C(=O)N(Cc2ccc(F)cc2)c2ccc(F)cc23)c1. The Kier molecular flexibility index (Phi) is 5.32. The summed E-state index contributed by atoms with van der Waals surface area (Å²) in [6.07, 6.45) is 0. The molecule has 8 heteroatoms.